The van der Waals surface area contributed by atoms with Crippen LogP contribution in [0.3, 0.4) is 0 Å². The van der Waals surface area contributed by atoms with Gasteiger partial charge in [0.25, 0.3) is 0 Å². The SMILES string of the molecule is COc1ccc(C(C)=O)cc1N1C(=O)[C@@H]2[C@H](C1=O)[C@@]1(c3ccccc3)C(=O)[C@@]2(c2ccccc2)C(c2ccccc2)=C1c1ccccc1. The lowest BCUT2D eigenvalue weighted by atomic mass is 9.59. The Labute approximate surface area is 278 Å². The summed E-state index contributed by atoms with van der Waals surface area (Å²) >= 11 is 0. The van der Waals surface area contributed by atoms with Gasteiger partial charge in [0.1, 0.15) is 5.75 Å². The summed E-state index contributed by atoms with van der Waals surface area (Å²) in [5, 5.41) is 0. The predicted octanol–water partition coefficient (Wildman–Crippen LogP) is 7.09. The summed E-state index contributed by atoms with van der Waals surface area (Å²) in [6.45, 7) is 1.43. The number of carbonyl (C=O) groups excluding carboxylic acids is 4. The van der Waals surface area contributed by atoms with Gasteiger partial charge in [0.2, 0.25) is 11.8 Å². The van der Waals surface area contributed by atoms with E-state index in [1.54, 1.807) is 12.1 Å². The van der Waals surface area contributed by atoms with Gasteiger partial charge in [-0.25, -0.2) is 4.90 Å². The van der Waals surface area contributed by atoms with Gasteiger partial charge in [0.15, 0.2) is 11.6 Å². The Morgan fingerprint density at radius 2 is 1.02 bits per heavy atom. The standard InChI is InChI=1S/C42H31NO5/c1-26(44)29-23-24-33(48-2)32(25-29)43-38(45)36-37(39(43)46)42(31-21-13-6-14-22-31)35(28-17-9-4-10-18-28)34(27-15-7-3-8-16-27)41(36,40(42)47)30-19-11-5-12-20-30/h3-25,36-37H,1-2H3/t36-,37+,41-,42-/m0/s1. The molecule has 0 spiro atoms. The molecule has 4 atom stereocenters. The van der Waals surface area contributed by atoms with Crippen LogP contribution < -0.4 is 9.64 Å². The Balaban J connectivity index is 1.54. The number of carbonyl (C=O) groups is 4. The van der Waals surface area contributed by atoms with Crippen LogP contribution in [-0.2, 0) is 25.2 Å². The van der Waals surface area contributed by atoms with Crippen LogP contribution >= 0.6 is 0 Å². The number of methoxy groups -OCH3 is 1. The number of ketones is 2. The molecule has 2 aliphatic carbocycles. The molecule has 5 aromatic carbocycles. The number of amides is 2. The summed E-state index contributed by atoms with van der Waals surface area (Å²) < 4.78 is 5.67. The lowest BCUT2D eigenvalue weighted by molar-refractivity contribution is -0.130. The maximum Gasteiger partial charge on any atom is 0.239 e. The molecule has 5 aromatic rings. The van der Waals surface area contributed by atoms with Crippen molar-refractivity contribution in [1.29, 1.82) is 0 Å². The number of imide groups is 1. The molecule has 234 valence electrons. The van der Waals surface area contributed by atoms with Gasteiger partial charge in [-0.2, -0.15) is 0 Å². The van der Waals surface area contributed by atoms with E-state index in [1.807, 2.05) is 121 Å². The second kappa shape index (κ2) is 10.8. The van der Waals surface area contributed by atoms with Crippen LogP contribution in [0.2, 0.25) is 0 Å². The first-order valence-electron chi connectivity index (χ1n) is 16.0. The number of ether oxygens (including phenoxy) is 1. The van der Waals surface area contributed by atoms with Gasteiger partial charge in [-0.3, -0.25) is 19.2 Å². The monoisotopic (exact) mass is 629 g/mol. The third kappa shape index (κ3) is 3.68. The number of Topliss-reactive ketones (excluding diaryl/α,β-unsaturated/α-hetero) is 2. The van der Waals surface area contributed by atoms with Gasteiger partial charge in [-0.05, 0) is 58.5 Å². The van der Waals surface area contributed by atoms with Crippen LogP contribution in [0.1, 0.15) is 39.5 Å². The molecule has 1 heterocycles. The molecule has 0 radical (unpaired) electrons. The minimum atomic E-state index is -1.51. The highest BCUT2D eigenvalue weighted by molar-refractivity contribution is 6.39. The number of fused-ring (bicyclic) bond motifs is 5. The van der Waals surface area contributed by atoms with Gasteiger partial charge in [-0.1, -0.05) is 121 Å². The summed E-state index contributed by atoms with van der Waals surface area (Å²) in [5.41, 5.74) is 1.87. The molecular formula is C42H31NO5. The number of hydrogen-bond acceptors (Lipinski definition) is 5. The van der Waals surface area contributed by atoms with Crippen molar-refractivity contribution in [2.24, 2.45) is 11.8 Å². The molecule has 2 bridgehead atoms. The van der Waals surface area contributed by atoms with Crippen molar-refractivity contribution >= 4 is 40.2 Å². The van der Waals surface area contributed by atoms with E-state index < -0.39 is 34.5 Å². The molecule has 6 heteroatoms. The van der Waals surface area contributed by atoms with E-state index in [0.29, 0.717) is 16.7 Å². The average molecular weight is 630 g/mol. The molecular weight excluding hydrogens is 598 g/mol. The summed E-state index contributed by atoms with van der Waals surface area (Å²) in [6.07, 6.45) is 0. The first-order valence-corrected chi connectivity index (χ1v) is 16.0. The average Bonchev–Trinajstić information content (AvgIpc) is 3.64. The van der Waals surface area contributed by atoms with E-state index in [4.69, 9.17) is 4.74 Å². The summed E-state index contributed by atoms with van der Waals surface area (Å²) in [7, 11) is 1.46. The van der Waals surface area contributed by atoms with Crippen LogP contribution in [0.15, 0.2) is 140 Å². The molecule has 1 saturated carbocycles. The molecule has 2 fully saturated rings. The minimum absolute atomic E-state index is 0.189. The van der Waals surface area contributed by atoms with Gasteiger partial charge in [-0.15, -0.1) is 0 Å². The van der Waals surface area contributed by atoms with Crippen LogP contribution in [0.25, 0.3) is 11.1 Å². The Morgan fingerprint density at radius 3 is 1.42 bits per heavy atom. The largest absolute Gasteiger partial charge is 0.495 e. The number of nitrogens with zero attached hydrogens (tertiary/aromatic N) is 1. The summed E-state index contributed by atoms with van der Waals surface area (Å²) in [6, 6.07) is 43.0. The number of hydrogen-bond donors (Lipinski definition) is 0. The second-order valence-electron chi connectivity index (χ2n) is 12.6. The van der Waals surface area contributed by atoms with Gasteiger partial charge in [0, 0.05) is 5.56 Å². The molecule has 1 aliphatic heterocycles. The van der Waals surface area contributed by atoms with Crippen molar-refractivity contribution in [2.45, 2.75) is 17.8 Å². The first-order chi connectivity index (χ1) is 23.4. The maximum atomic E-state index is 16.0. The topological polar surface area (TPSA) is 80.8 Å². The van der Waals surface area contributed by atoms with Crippen molar-refractivity contribution in [2.75, 3.05) is 12.0 Å². The highest BCUT2D eigenvalue weighted by atomic mass is 16.5. The molecule has 2 amide bonds. The Morgan fingerprint density at radius 1 is 0.604 bits per heavy atom. The number of anilines is 1. The molecule has 8 rings (SSSR count). The molecule has 0 N–H and O–H groups in total. The van der Waals surface area contributed by atoms with E-state index in [0.717, 1.165) is 22.3 Å². The van der Waals surface area contributed by atoms with E-state index in [1.165, 1.54) is 25.0 Å². The predicted molar refractivity (Wildman–Crippen MR) is 183 cm³/mol. The zero-order valence-corrected chi connectivity index (χ0v) is 26.4. The van der Waals surface area contributed by atoms with Crippen LogP contribution in [-0.4, -0.2) is 30.5 Å². The van der Waals surface area contributed by atoms with Crippen LogP contribution in [0.4, 0.5) is 5.69 Å². The van der Waals surface area contributed by atoms with Crippen LogP contribution in [0.5, 0.6) is 5.75 Å². The molecule has 0 aromatic heterocycles. The van der Waals surface area contributed by atoms with E-state index >= 15 is 14.4 Å². The molecule has 48 heavy (non-hydrogen) atoms. The third-order valence-corrected chi connectivity index (χ3v) is 10.4. The van der Waals surface area contributed by atoms with Crippen molar-refractivity contribution in [3.63, 3.8) is 0 Å². The lowest BCUT2D eigenvalue weighted by Gasteiger charge is -2.39. The van der Waals surface area contributed by atoms with Crippen LogP contribution in [0, 0.1) is 11.8 Å². The molecule has 6 nitrogen and oxygen atoms in total. The van der Waals surface area contributed by atoms with Gasteiger partial charge >= 0.3 is 0 Å². The Kier molecular flexibility index (Phi) is 6.67. The molecule has 0 unspecified atom stereocenters. The molecule has 3 aliphatic rings. The van der Waals surface area contributed by atoms with Crippen molar-refractivity contribution < 1.29 is 23.9 Å². The fraction of sp³-hybridized carbons (Fsp3) is 0.143. The normalized spacial score (nSPS) is 24.3. The second-order valence-corrected chi connectivity index (χ2v) is 12.6. The smallest absolute Gasteiger partial charge is 0.239 e. The highest BCUT2D eigenvalue weighted by Crippen LogP contribution is 2.74. The van der Waals surface area contributed by atoms with E-state index in [2.05, 4.69) is 0 Å². The van der Waals surface area contributed by atoms with Crippen molar-refractivity contribution in [3.8, 4) is 5.75 Å². The van der Waals surface area contributed by atoms with E-state index in [-0.39, 0.29) is 23.0 Å². The fourth-order valence-electron chi connectivity index (χ4n) is 8.66. The summed E-state index contributed by atoms with van der Waals surface area (Å²) in [5.74, 6) is -3.27. The van der Waals surface area contributed by atoms with Crippen molar-refractivity contribution in [1.82, 2.24) is 0 Å². The maximum absolute atomic E-state index is 16.0. The third-order valence-electron chi connectivity index (χ3n) is 10.4. The lowest BCUT2D eigenvalue weighted by Crippen LogP contribution is -2.45. The zero-order chi connectivity index (χ0) is 33.2. The van der Waals surface area contributed by atoms with Gasteiger partial charge < -0.3 is 4.74 Å². The highest BCUT2D eigenvalue weighted by Gasteiger charge is 2.82. The number of allylic oxidation sites excluding steroid dienone is 2. The molecule has 1 saturated heterocycles. The number of rotatable bonds is 7. The number of benzene rings is 5. The zero-order valence-electron chi connectivity index (χ0n) is 26.4. The Hall–Kier alpha value is -5.88. The fourth-order valence-corrected chi connectivity index (χ4v) is 8.66. The Bertz CT molecular complexity index is 2040. The van der Waals surface area contributed by atoms with Gasteiger partial charge in [0.05, 0.1) is 35.5 Å². The quantitative estimate of drug-likeness (QED) is 0.142. The minimum Gasteiger partial charge on any atom is -0.495 e. The van der Waals surface area contributed by atoms with E-state index in [9.17, 15) is 4.79 Å². The van der Waals surface area contributed by atoms with Crippen molar-refractivity contribution in [3.05, 3.63) is 167 Å². The summed E-state index contributed by atoms with van der Waals surface area (Å²) in [4.78, 5) is 60.1. The first kappa shape index (κ1) is 29.5.